The molecule has 1 atom stereocenters. The number of ketones is 1. The summed E-state index contributed by atoms with van der Waals surface area (Å²) in [6.07, 6.45) is 3.09. The first-order valence-corrected chi connectivity index (χ1v) is 9.54. The van der Waals surface area contributed by atoms with Crippen LogP contribution in [0.1, 0.15) is 52.0 Å². The van der Waals surface area contributed by atoms with E-state index in [1.54, 1.807) is 20.8 Å². The van der Waals surface area contributed by atoms with Gasteiger partial charge >= 0.3 is 12.1 Å². The SMILES string of the molecule is C=CCOC(=O)NC(CC(=O)OC(C)(C)C)C(=O)CCCCc1ccccc1. The average molecular weight is 389 g/mol. The van der Waals surface area contributed by atoms with Crippen molar-refractivity contribution < 1.29 is 23.9 Å². The fraction of sp³-hybridized carbons (Fsp3) is 0.500. The summed E-state index contributed by atoms with van der Waals surface area (Å²) >= 11 is 0. The van der Waals surface area contributed by atoms with Gasteiger partial charge in [0.05, 0.1) is 6.42 Å². The molecule has 0 aliphatic heterocycles. The standard InChI is InChI=1S/C22H31NO5/c1-5-15-27-21(26)23-18(16-20(25)28-22(2,3)4)19(24)14-10-9-13-17-11-7-6-8-12-17/h5-8,11-12,18H,1,9-10,13-16H2,2-4H3,(H,23,26). The summed E-state index contributed by atoms with van der Waals surface area (Å²) in [5.41, 5.74) is 0.551. The maximum absolute atomic E-state index is 12.6. The van der Waals surface area contributed by atoms with Crippen LogP contribution in [-0.4, -0.2) is 36.1 Å². The Morgan fingerprint density at radius 3 is 2.43 bits per heavy atom. The van der Waals surface area contributed by atoms with Crippen molar-refractivity contribution in [1.29, 1.82) is 0 Å². The maximum atomic E-state index is 12.6. The highest BCUT2D eigenvalue weighted by Gasteiger charge is 2.27. The van der Waals surface area contributed by atoms with Gasteiger partial charge in [-0.3, -0.25) is 9.59 Å². The van der Waals surface area contributed by atoms with Crippen LogP contribution in [0.5, 0.6) is 0 Å². The van der Waals surface area contributed by atoms with Gasteiger partial charge in [0.1, 0.15) is 18.2 Å². The molecule has 1 aromatic carbocycles. The van der Waals surface area contributed by atoms with E-state index in [4.69, 9.17) is 9.47 Å². The van der Waals surface area contributed by atoms with Crippen molar-refractivity contribution in [3.05, 3.63) is 48.6 Å². The van der Waals surface area contributed by atoms with Gasteiger partial charge in [-0.2, -0.15) is 0 Å². The zero-order valence-electron chi connectivity index (χ0n) is 17.0. The number of unbranched alkanes of at least 4 members (excludes halogenated alkanes) is 1. The zero-order chi connectivity index (χ0) is 21.0. The molecule has 0 radical (unpaired) electrons. The molecule has 0 heterocycles. The number of carbonyl (C=O) groups is 3. The molecule has 0 saturated carbocycles. The van der Waals surface area contributed by atoms with Gasteiger partial charge in [-0.1, -0.05) is 43.0 Å². The predicted octanol–water partition coefficient (Wildman–Crippen LogP) is 3.98. The van der Waals surface area contributed by atoms with E-state index in [1.165, 1.54) is 11.6 Å². The van der Waals surface area contributed by atoms with Crippen LogP contribution in [0.4, 0.5) is 4.79 Å². The van der Waals surface area contributed by atoms with Gasteiger partial charge in [0.25, 0.3) is 0 Å². The molecule has 6 nitrogen and oxygen atoms in total. The fourth-order valence-electron chi connectivity index (χ4n) is 2.56. The van der Waals surface area contributed by atoms with E-state index in [2.05, 4.69) is 11.9 Å². The summed E-state index contributed by atoms with van der Waals surface area (Å²) in [4.78, 5) is 36.5. The van der Waals surface area contributed by atoms with Gasteiger partial charge < -0.3 is 14.8 Å². The van der Waals surface area contributed by atoms with Crippen molar-refractivity contribution >= 4 is 17.8 Å². The van der Waals surface area contributed by atoms with Crippen LogP contribution in [-0.2, 0) is 25.5 Å². The van der Waals surface area contributed by atoms with Crippen LogP contribution in [0, 0.1) is 0 Å². The van der Waals surface area contributed by atoms with Crippen LogP contribution in [0.25, 0.3) is 0 Å². The second-order valence-corrected chi connectivity index (χ2v) is 7.53. The smallest absolute Gasteiger partial charge is 0.408 e. The summed E-state index contributed by atoms with van der Waals surface area (Å²) in [5, 5.41) is 2.47. The Morgan fingerprint density at radius 1 is 1.14 bits per heavy atom. The molecule has 0 fully saturated rings. The molecule has 0 aromatic heterocycles. The Bertz CT molecular complexity index is 649. The Labute approximate surface area is 167 Å². The number of nitrogens with one attached hydrogen (secondary N) is 1. The summed E-state index contributed by atoms with van der Waals surface area (Å²) in [6.45, 7) is 8.73. The second-order valence-electron chi connectivity index (χ2n) is 7.53. The number of carbonyl (C=O) groups excluding carboxylic acids is 3. The molecule has 28 heavy (non-hydrogen) atoms. The number of amides is 1. The number of rotatable bonds is 11. The summed E-state index contributed by atoms with van der Waals surface area (Å²) in [5.74, 6) is -0.756. The normalized spacial score (nSPS) is 12.0. The van der Waals surface area contributed by atoms with Crippen molar-refractivity contribution in [2.24, 2.45) is 0 Å². The Morgan fingerprint density at radius 2 is 1.82 bits per heavy atom. The molecule has 154 valence electrons. The number of ether oxygens (including phenoxy) is 2. The lowest BCUT2D eigenvalue weighted by molar-refractivity contribution is -0.156. The molecule has 0 saturated heterocycles. The molecule has 1 amide bonds. The lowest BCUT2D eigenvalue weighted by atomic mass is 10.0. The molecule has 0 bridgehead atoms. The van der Waals surface area contributed by atoms with Crippen molar-refractivity contribution in [1.82, 2.24) is 5.32 Å². The maximum Gasteiger partial charge on any atom is 0.408 e. The van der Waals surface area contributed by atoms with E-state index in [-0.39, 0.29) is 25.2 Å². The monoisotopic (exact) mass is 389 g/mol. The van der Waals surface area contributed by atoms with Gasteiger partial charge in [0.2, 0.25) is 0 Å². The van der Waals surface area contributed by atoms with E-state index in [9.17, 15) is 14.4 Å². The number of alkyl carbamates (subject to hydrolysis) is 1. The van der Waals surface area contributed by atoms with Crippen LogP contribution < -0.4 is 5.32 Å². The van der Waals surface area contributed by atoms with Crippen LogP contribution in [0.2, 0.25) is 0 Å². The highest BCUT2D eigenvalue weighted by Crippen LogP contribution is 2.12. The quantitative estimate of drug-likeness (QED) is 0.352. The molecular formula is C22H31NO5. The summed E-state index contributed by atoms with van der Waals surface area (Å²) < 4.78 is 10.1. The molecule has 1 rings (SSSR count). The van der Waals surface area contributed by atoms with Gasteiger partial charge in [-0.15, -0.1) is 0 Å². The van der Waals surface area contributed by atoms with Crippen LogP contribution in [0.15, 0.2) is 43.0 Å². The third kappa shape index (κ3) is 10.5. The van der Waals surface area contributed by atoms with Crippen molar-refractivity contribution in [3.63, 3.8) is 0 Å². The topological polar surface area (TPSA) is 81.7 Å². The number of esters is 1. The zero-order valence-corrected chi connectivity index (χ0v) is 17.0. The number of benzene rings is 1. The summed E-state index contributed by atoms with van der Waals surface area (Å²) in [7, 11) is 0. The Kier molecular flexibility index (Phi) is 9.99. The molecule has 0 aliphatic rings. The average Bonchev–Trinajstić information content (AvgIpc) is 2.62. The van der Waals surface area contributed by atoms with Crippen molar-refractivity contribution in [2.75, 3.05) is 6.61 Å². The highest BCUT2D eigenvalue weighted by molar-refractivity contribution is 5.91. The molecule has 1 unspecified atom stereocenters. The first-order valence-electron chi connectivity index (χ1n) is 9.54. The molecule has 1 aromatic rings. The van der Waals surface area contributed by atoms with E-state index >= 15 is 0 Å². The van der Waals surface area contributed by atoms with E-state index in [0.29, 0.717) is 6.42 Å². The number of hydrogen-bond donors (Lipinski definition) is 1. The number of Topliss-reactive ketones (excluding diaryl/α,β-unsaturated/α-hetero) is 1. The minimum Gasteiger partial charge on any atom is -0.460 e. The Balaban J connectivity index is 2.57. The largest absolute Gasteiger partial charge is 0.460 e. The van der Waals surface area contributed by atoms with Crippen molar-refractivity contribution in [2.45, 2.75) is 64.5 Å². The molecular weight excluding hydrogens is 358 g/mol. The van der Waals surface area contributed by atoms with Gasteiger partial charge in [0.15, 0.2) is 5.78 Å². The van der Waals surface area contributed by atoms with Gasteiger partial charge in [-0.05, 0) is 45.6 Å². The first-order chi connectivity index (χ1) is 13.2. The Hall–Kier alpha value is -2.63. The minimum absolute atomic E-state index is 0.0241. The lowest BCUT2D eigenvalue weighted by Crippen LogP contribution is -2.43. The molecule has 6 heteroatoms. The molecule has 0 aliphatic carbocycles. The van der Waals surface area contributed by atoms with E-state index in [1.807, 2.05) is 30.3 Å². The summed E-state index contributed by atoms with van der Waals surface area (Å²) in [6, 6.07) is 9.05. The minimum atomic E-state index is -0.969. The first kappa shape index (κ1) is 23.4. The number of aryl methyl sites for hydroxylation is 1. The fourth-order valence-corrected chi connectivity index (χ4v) is 2.56. The molecule has 1 N–H and O–H groups in total. The van der Waals surface area contributed by atoms with Gasteiger partial charge in [-0.25, -0.2) is 4.79 Å². The van der Waals surface area contributed by atoms with Crippen LogP contribution >= 0.6 is 0 Å². The third-order valence-electron chi connectivity index (χ3n) is 3.79. The second kappa shape index (κ2) is 12.0. The van der Waals surface area contributed by atoms with E-state index in [0.717, 1.165) is 12.8 Å². The van der Waals surface area contributed by atoms with Crippen LogP contribution in [0.3, 0.4) is 0 Å². The van der Waals surface area contributed by atoms with Crippen molar-refractivity contribution in [3.8, 4) is 0 Å². The highest BCUT2D eigenvalue weighted by atomic mass is 16.6. The number of hydrogen-bond acceptors (Lipinski definition) is 5. The molecule has 0 spiro atoms. The third-order valence-corrected chi connectivity index (χ3v) is 3.79. The van der Waals surface area contributed by atoms with Gasteiger partial charge in [0, 0.05) is 6.42 Å². The lowest BCUT2D eigenvalue weighted by Gasteiger charge is -2.22. The van der Waals surface area contributed by atoms with E-state index < -0.39 is 23.7 Å². The predicted molar refractivity (Wildman–Crippen MR) is 108 cm³/mol.